The van der Waals surface area contributed by atoms with Gasteiger partial charge in [-0.15, -0.1) is 6.58 Å². The van der Waals surface area contributed by atoms with Crippen molar-refractivity contribution in [1.29, 1.82) is 0 Å². The van der Waals surface area contributed by atoms with Crippen LogP contribution in [0.15, 0.2) is 29.6 Å². The summed E-state index contributed by atoms with van der Waals surface area (Å²) < 4.78 is 1.20. The Morgan fingerprint density at radius 2 is 2.38 bits per heavy atom. The van der Waals surface area contributed by atoms with E-state index in [0.717, 1.165) is 0 Å². The SMILES string of the molecule is C=CCn1nc(C(C)=O)ccc1=O. The number of aromatic nitrogens is 2. The van der Waals surface area contributed by atoms with E-state index >= 15 is 0 Å². The van der Waals surface area contributed by atoms with Crippen LogP contribution in [0.3, 0.4) is 0 Å². The highest BCUT2D eigenvalue weighted by Crippen LogP contribution is 1.91. The maximum absolute atomic E-state index is 11.1. The monoisotopic (exact) mass is 178 g/mol. The van der Waals surface area contributed by atoms with E-state index in [1.807, 2.05) is 0 Å². The van der Waals surface area contributed by atoms with Crippen molar-refractivity contribution in [2.75, 3.05) is 0 Å². The molecule has 0 bridgehead atoms. The second-order valence-corrected chi connectivity index (χ2v) is 2.58. The van der Waals surface area contributed by atoms with Gasteiger partial charge in [-0.25, -0.2) is 4.68 Å². The second-order valence-electron chi connectivity index (χ2n) is 2.58. The highest BCUT2D eigenvalue weighted by molar-refractivity contribution is 5.91. The van der Waals surface area contributed by atoms with Crippen molar-refractivity contribution in [3.63, 3.8) is 0 Å². The van der Waals surface area contributed by atoms with Crippen LogP contribution in [0.1, 0.15) is 17.4 Å². The van der Waals surface area contributed by atoms with Crippen LogP contribution in [0.25, 0.3) is 0 Å². The maximum atomic E-state index is 11.1. The first-order valence-electron chi connectivity index (χ1n) is 3.85. The van der Waals surface area contributed by atoms with E-state index in [-0.39, 0.29) is 11.3 Å². The van der Waals surface area contributed by atoms with E-state index in [1.165, 1.54) is 23.7 Å². The van der Waals surface area contributed by atoms with Gasteiger partial charge in [-0.1, -0.05) is 6.08 Å². The zero-order chi connectivity index (χ0) is 9.84. The minimum Gasteiger partial charge on any atom is -0.293 e. The van der Waals surface area contributed by atoms with Gasteiger partial charge in [0.25, 0.3) is 5.56 Å². The number of Topliss-reactive ketones (excluding diaryl/α,β-unsaturated/α-hetero) is 1. The third-order valence-corrected chi connectivity index (χ3v) is 1.53. The van der Waals surface area contributed by atoms with Gasteiger partial charge in [-0.3, -0.25) is 9.59 Å². The number of allylic oxidation sites excluding steroid dienone is 1. The summed E-state index contributed by atoms with van der Waals surface area (Å²) in [6.45, 7) is 5.21. The predicted octanol–water partition coefficient (Wildman–Crippen LogP) is 0.632. The molecule has 4 heteroatoms. The number of nitrogens with zero attached hydrogens (tertiary/aromatic N) is 2. The molecule has 68 valence electrons. The minimum atomic E-state index is -0.232. The molecule has 0 saturated heterocycles. The molecule has 0 saturated carbocycles. The van der Waals surface area contributed by atoms with Crippen molar-refractivity contribution in [1.82, 2.24) is 9.78 Å². The first-order chi connectivity index (χ1) is 6.15. The minimum absolute atomic E-state index is 0.155. The van der Waals surface area contributed by atoms with Crippen molar-refractivity contribution in [3.05, 3.63) is 40.8 Å². The zero-order valence-corrected chi connectivity index (χ0v) is 7.36. The first-order valence-corrected chi connectivity index (χ1v) is 3.85. The predicted molar refractivity (Wildman–Crippen MR) is 48.7 cm³/mol. The fraction of sp³-hybridized carbons (Fsp3) is 0.222. The molecule has 0 aliphatic heterocycles. The van der Waals surface area contributed by atoms with E-state index in [1.54, 1.807) is 6.08 Å². The zero-order valence-electron chi connectivity index (χ0n) is 7.36. The van der Waals surface area contributed by atoms with Crippen LogP contribution in [0.5, 0.6) is 0 Å². The molecule has 1 aromatic rings. The van der Waals surface area contributed by atoms with E-state index in [2.05, 4.69) is 11.7 Å². The van der Waals surface area contributed by atoms with Crippen LogP contribution in [0.4, 0.5) is 0 Å². The molecule has 1 rings (SSSR count). The van der Waals surface area contributed by atoms with Crippen molar-refractivity contribution in [2.45, 2.75) is 13.5 Å². The van der Waals surface area contributed by atoms with Gasteiger partial charge < -0.3 is 0 Å². The van der Waals surface area contributed by atoms with Crippen LogP contribution in [-0.2, 0) is 6.54 Å². The Morgan fingerprint density at radius 1 is 1.69 bits per heavy atom. The topological polar surface area (TPSA) is 52.0 Å². The van der Waals surface area contributed by atoms with Gasteiger partial charge in [0.1, 0.15) is 5.69 Å². The molecular weight excluding hydrogens is 168 g/mol. The highest BCUT2D eigenvalue weighted by atomic mass is 16.1. The Labute approximate surface area is 75.5 Å². The van der Waals surface area contributed by atoms with Gasteiger partial charge in [-0.05, 0) is 6.07 Å². The summed E-state index contributed by atoms with van der Waals surface area (Å²) in [5, 5.41) is 3.84. The summed E-state index contributed by atoms with van der Waals surface area (Å²) in [7, 11) is 0. The fourth-order valence-corrected chi connectivity index (χ4v) is 0.890. The molecule has 0 amide bonds. The van der Waals surface area contributed by atoms with Crippen molar-refractivity contribution in [2.24, 2.45) is 0 Å². The molecule has 13 heavy (non-hydrogen) atoms. The molecule has 0 fully saturated rings. The summed E-state index contributed by atoms with van der Waals surface area (Å²) in [6, 6.07) is 2.75. The molecule has 0 spiro atoms. The number of hydrogen-bond acceptors (Lipinski definition) is 3. The normalized spacial score (nSPS) is 9.62. The molecule has 0 radical (unpaired) electrons. The average Bonchev–Trinajstić information content (AvgIpc) is 2.08. The Morgan fingerprint density at radius 3 is 2.92 bits per heavy atom. The lowest BCUT2D eigenvalue weighted by Crippen LogP contribution is -2.23. The number of ketones is 1. The molecule has 0 aromatic carbocycles. The smallest absolute Gasteiger partial charge is 0.267 e. The highest BCUT2D eigenvalue weighted by Gasteiger charge is 2.02. The number of carbonyl (C=O) groups excluding carboxylic acids is 1. The summed E-state index contributed by atoms with van der Waals surface area (Å²) >= 11 is 0. The van der Waals surface area contributed by atoms with Crippen molar-refractivity contribution < 1.29 is 4.79 Å². The average molecular weight is 178 g/mol. The molecular formula is C9H10N2O2. The van der Waals surface area contributed by atoms with E-state index in [9.17, 15) is 9.59 Å². The molecule has 1 heterocycles. The van der Waals surface area contributed by atoms with Gasteiger partial charge in [-0.2, -0.15) is 5.10 Å². The summed E-state index contributed by atoms with van der Waals surface area (Å²) in [5.74, 6) is -0.155. The third-order valence-electron chi connectivity index (χ3n) is 1.53. The van der Waals surface area contributed by atoms with Gasteiger partial charge in [0.15, 0.2) is 5.78 Å². The fourth-order valence-electron chi connectivity index (χ4n) is 0.890. The summed E-state index contributed by atoms with van der Waals surface area (Å²) in [4.78, 5) is 22.0. The second kappa shape index (κ2) is 3.80. The van der Waals surface area contributed by atoms with E-state index in [0.29, 0.717) is 12.2 Å². The first kappa shape index (κ1) is 9.38. The van der Waals surface area contributed by atoms with Crippen LogP contribution in [-0.4, -0.2) is 15.6 Å². The van der Waals surface area contributed by atoms with Crippen molar-refractivity contribution in [3.8, 4) is 0 Å². The quantitative estimate of drug-likeness (QED) is 0.504. The lowest BCUT2D eigenvalue weighted by Gasteiger charge is -2.00. The number of carbonyl (C=O) groups is 1. The van der Waals surface area contributed by atoms with Gasteiger partial charge in [0.2, 0.25) is 0 Å². The van der Waals surface area contributed by atoms with Gasteiger partial charge >= 0.3 is 0 Å². The number of rotatable bonds is 3. The third kappa shape index (κ3) is 2.11. The van der Waals surface area contributed by atoms with Crippen LogP contribution < -0.4 is 5.56 Å². The van der Waals surface area contributed by atoms with Crippen LogP contribution >= 0.6 is 0 Å². The Hall–Kier alpha value is -1.71. The Kier molecular flexibility index (Phi) is 2.74. The molecule has 1 aromatic heterocycles. The van der Waals surface area contributed by atoms with E-state index in [4.69, 9.17) is 0 Å². The molecule has 0 aliphatic rings. The standard InChI is InChI=1S/C9H10N2O2/c1-3-6-11-9(13)5-4-8(10-11)7(2)12/h3-5H,1,6H2,2H3. The van der Waals surface area contributed by atoms with Gasteiger partial charge in [0, 0.05) is 13.0 Å². The summed E-state index contributed by atoms with van der Waals surface area (Å²) in [5.41, 5.74) is 0.0614. The molecule has 4 nitrogen and oxygen atoms in total. The molecule has 0 N–H and O–H groups in total. The Balaban J connectivity index is 3.18. The van der Waals surface area contributed by atoms with Gasteiger partial charge in [0.05, 0.1) is 6.54 Å². The molecule has 0 aliphatic carbocycles. The molecule has 0 atom stereocenters. The van der Waals surface area contributed by atoms with Crippen LogP contribution in [0, 0.1) is 0 Å². The lowest BCUT2D eigenvalue weighted by molar-refractivity contribution is 0.101. The lowest BCUT2D eigenvalue weighted by atomic mass is 10.3. The van der Waals surface area contributed by atoms with E-state index < -0.39 is 0 Å². The maximum Gasteiger partial charge on any atom is 0.267 e. The Bertz CT molecular complexity index is 393. The van der Waals surface area contributed by atoms with Crippen molar-refractivity contribution >= 4 is 5.78 Å². The molecule has 0 unspecified atom stereocenters. The van der Waals surface area contributed by atoms with Crippen LogP contribution in [0.2, 0.25) is 0 Å². The largest absolute Gasteiger partial charge is 0.293 e. The number of hydrogen-bond donors (Lipinski definition) is 0. The summed E-state index contributed by atoms with van der Waals surface area (Å²) in [6.07, 6.45) is 1.55.